The van der Waals surface area contributed by atoms with Gasteiger partial charge in [-0.25, -0.2) is 0 Å². The molecule has 0 aromatic carbocycles. The summed E-state index contributed by atoms with van der Waals surface area (Å²) in [7, 11) is 0. The van der Waals surface area contributed by atoms with E-state index in [1.807, 2.05) is 6.20 Å². The first-order valence-corrected chi connectivity index (χ1v) is 7.08. The quantitative estimate of drug-likeness (QED) is 0.839. The maximum atomic E-state index is 6.00. The monoisotopic (exact) mass is 275 g/mol. The Hall–Kier alpha value is -1.89. The van der Waals surface area contributed by atoms with Crippen LogP contribution >= 0.6 is 0 Å². The summed E-state index contributed by atoms with van der Waals surface area (Å²) < 4.78 is 1.61. The number of nitrogens with two attached hydrogens (primary N) is 2. The molecule has 0 radical (unpaired) electrons. The van der Waals surface area contributed by atoms with Gasteiger partial charge in [0.2, 0.25) is 11.9 Å². The predicted octanol–water partition coefficient (Wildman–Crippen LogP) is 0.757. The Labute approximate surface area is 118 Å². The van der Waals surface area contributed by atoms with E-state index in [1.54, 1.807) is 4.52 Å². The van der Waals surface area contributed by atoms with Crippen LogP contribution in [-0.2, 0) is 0 Å². The van der Waals surface area contributed by atoms with Crippen molar-refractivity contribution in [3.63, 3.8) is 0 Å². The number of hydrogen-bond acceptors (Lipinski definition) is 6. The van der Waals surface area contributed by atoms with Gasteiger partial charge in [0.15, 0.2) is 5.65 Å². The van der Waals surface area contributed by atoms with Gasteiger partial charge < -0.3 is 16.4 Å². The highest BCUT2D eigenvalue weighted by Crippen LogP contribution is 2.23. The highest BCUT2D eigenvalue weighted by molar-refractivity contribution is 5.55. The van der Waals surface area contributed by atoms with Crippen molar-refractivity contribution < 1.29 is 0 Å². The Bertz CT molecular complexity index is 610. The van der Waals surface area contributed by atoms with Crippen LogP contribution in [0.2, 0.25) is 0 Å². The zero-order valence-electron chi connectivity index (χ0n) is 12.0. The number of hydrogen-bond donors (Lipinski definition) is 2. The Morgan fingerprint density at radius 1 is 1.25 bits per heavy atom. The van der Waals surface area contributed by atoms with E-state index in [9.17, 15) is 0 Å². The second kappa shape index (κ2) is 4.90. The lowest BCUT2D eigenvalue weighted by atomic mass is 10.1. The summed E-state index contributed by atoms with van der Waals surface area (Å²) in [5.41, 5.74) is 13.8. The molecule has 1 aliphatic heterocycles. The van der Waals surface area contributed by atoms with Crippen molar-refractivity contribution in [3.05, 3.63) is 11.8 Å². The van der Waals surface area contributed by atoms with E-state index >= 15 is 0 Å². The van der Waals surface area contributed by atoms with Gasteiger partial charge >= 0.3 is 0 Å². The van der Waals surface area contributed by atoms with E-state index in [2.05, 4.69) is 33.8 Å². The van der Waals surface area contributed by atoms with E-state index in [-0.39, 0.29) is 6.04 Å². The van der Waals surface area contributed by atoms with Crippen LogP contribution in [0.3, 0.4) is 0 Å². The van der Waals surface area contributed by atoms with Crippen molar-refractivity contribution in [2.45, 2.75) is 38.6 Å². The lowest BCUT2D eigenvalue weighted by Crippen LogP contribution is -2.40. The summed E-state index contributed by atoms with van der Waals surface area (Å²) in [4.78, 5) is 11.2. The summed E-state index contributed by atoms with van der Waals surface area (Å²) in [5, 5.41) is 4.27. The minimum absolute atomic E-state index is 0.286. The number of aromatic nitrogens is 4. The van der Waals surface area contributed by atoms with Gasteiger partial charge in [-0.05, 0) is 18.8 Å². The number of nitrogens with zero attached hydrogens (tertiary/aromatic N) is 5. The minimum atomic E-state index is 0.286. The Balaban J connectivity index is 2.01. The highest BCUT2D eigenvalue weighted by Gasteiger charge is 2.21. The fourth-order valence-electron chi connectivity index (χ4n) is 2.55. The molecule has 1 fully saturated rings. The number of fused-ring (bicyclic) bond motifs is 1. The molecule has 7 nitrogen and oxygen atoms in total. The first kappa shape index (κ1) is 13.1. The van der Waals surface area contributed by atoms with Gasteiger partial charge in [-0.1, -0.05) is 13.8 Å². The molecule has 3 heterocycles. The third-order valence-electron chi connectivity index (χ3n) is 3.85. The number of anilines is 2. The molecule has 2 aromatic heterocycles. The van der Waals surface area contributed by atoms with Gasteiger partial charge in [0.05, 0.1) is 6.20 Å². The van der Waals surface area contributed by atoms with Crippen LogP contribution in [0.25, 0.3) is 5.65 Å². The molecule has 0 bridgehead atoms. The average Bonchev–Trinajstić information content (AvgIpc) is 2.84. The van der Waals surface area contributed by atoms with E-state index in [1.165, 1.54) is 0 Å². The van der Waals surface area contributed by atoms with E-state index in [0.29, 0.717) is 17.8 Å². The molecule has 0 aliphatic carbocycles. The third kappa shape index (κ3) is 2.18. The van der Waals surface area contributed by atoms with Gasteiger partial charge in [-0.3, -0.25) is 0 Å². The molecule has 4 N–H and O–H groups in total. The van der Waals surface area contributed by atoms with E-state index in [4.69, 9.17) is 11.5 Å². The number of rotatable bonds is 2. The third-order valence-corrected chi connectivity index (χ3v) is 3.85. The van der Waals surface area contributed by atoms with Crippen LogP contribution in [-0.4, -0.2) is 38.7 Å². The second-order valence-electron chi connectivity index (χ2n) is 5.70. The normalized spacial score (nSPS) is 17.3. The molecule has 0 unspecified atom stereocenters. The molecule has 7 heteroatoms. The standard InChI is InChI=1S/C13H21N7/c1-8(2)10-7-16-20-11(10)17-13(18-12(20)15)19-5-3-9(14)4-6-19/h7-9H,3-6,14H2,1-2H3,(H2,15,17,18). The van der Waals surface area contributed by atoms with Crippen molar-refractivity contribution >= 4 is 17.5 Å². The van der Waals surface area contributed by atoms with Crippen molar-refractivity contribution in [1.29, 1.82) is 0 Å². The smallest absolute Gasteiger partial charge is 0.230 e. The molecule has 0 amide bonds. The van der Waals surface area contributed by atoms with Crippen LogP contribution in [0.1, 0.15) is 38.2 Å². The largest absolute Gasteiger partial charge is 0.368 e. The summed E-state index contributed by atoms with van der Waals surface area (Å²) in [6.45, 7) is 5.99. The molecule has 2 aromatic rings. The van der Waals surface area contributed by atoms with E-state index < -0.39 is 0 Å². The van der Waals surface area contributed by atoms with E-state index in [0.717, 1.165) is 37.1 Å². The zero-order chi connectivity index (χ0) is 14.3. The summed E-state index contributed by atoms with van der Waals surface area (Å²) in [5.74, 6) is 1.42. The van der Waals surface area contributed by atoms with Crippen molar-refractivity contribution in [3.8, 4) is 0 Å². The van der Waals surface area contributed by atoms with Crippen molar-refractivity contribution in [2.24, 2.45) is 5.73 Å². The van der Waals surface area contributed by atoms with Crippen LogP contribution in [0, 0.1) is 0 Å². The number of nitrogen functional groups attached to an aromatic ring is 1. The van der Waals surface area contributed by atoms with Crippen LogP contribution in [0.15, 0.2) is 6.20 Å². The lowest BCUT2D eigenvalue weighted by Gasteiger charge is -2.30. The molecule has 20 heavy (non-hydrogen) atoms. The summed E-state index contributed by atoms with van der Waals surface area (Å²) in [6.07, 6.45) is 3.75. The molecule has 0 saturated carbocycles. The summed E-state index contributed by atoms with van der Waals surface area (Å²) >= 11 is 0. The Morgan fingerprint density at radius 2 is 1.95 bits per heavy atom. The van der Waals surface area contributed by atoms with Gasteiger partial charge in [-0.15, -0.1) is 0 Å². The number of piperidine rings is 1. The molecular formula is C13H21N7. The molecule has 3 rings (SSSR count). The Morgan fingerprint density at radius 3 is 2.60 bits per heavy atom. The zero-order valence-corrected chi connectivity index (χ0v) is 12.0. The van der Waals surface area contributed by atoms with Gasteiger partial charge in [0.1, 0.15) is 0 Å². The maximum absolute atomic E-state index is 6.00. The molecular weight excluding hydrogens is 254 g/mol. The second-order valence-corrected chi connectivity index (χ2v) is 5.70. The van der Waals surface area contributed by atoms with Crippen LogP contribution in [0.5, 0.6) is 0 Å². The first-order chi connectivity index (χ1) is 9.56. The molecule has 1 saturated heterocycles. The van der Waals surface area contributed by atoms with Gasteiger partial charge in [0.25, 0.3) is 0 Å². The fraction of sp³-hybridized carbons (Fsp3) is 0.615. The average molecular weight is 275 g/mol. The van der Waals surface area contributed by atoms with Gasteiger partial charge in [0, 0.05) is 24.7 Å². The lowest BCUT2D eigenvalue weighted by molar-refractivity contribution is 0.495. The van der Waals surface area contributed by atoms with Crippen molar-refractivity contribution in [2.75, 3.05) is 23.7 Å². The van der Waals surface area contributed by atoms with Gasteiger partial charge in [-0.2, -0.15) is 19.6 Å². The first-order valence-electron chi connectivity index (χ1n) is 7.08. The van der Waals surface area contributed by atoms with Crippen LogP contribution in [0.4, 0.5) is 11.9 Å². The topological polar surface area (TPSA) is 98.4 Å². The SMILES string of the molecule is CC(C)c1cnn2c(N)nc(N3CCC(N)CC3)nc12. The predicted molar refractivity (Wildman–Crippen MR) is 78.7 cm³/mol. The highest BCUT2D eigenvalue weighted by atomic mass is 15.4. The molecule has 1 aliphatic rings. The minimum Gasteiger partial charge on any atom is -0.368 e. The Kier molecular flexibility index (Phi) is 3.21. The molecule has 108 valence electrons. The molecule has 0 spiro atoms. The maximum Gasteiger partial charge on any atom is 0.230 e. The van der Waals surface area contributed by atoms with Crippen molar-refractivity contribution in [1.82, 2.24) is 19.6 Å². The molecule has 0 atom stereocenters. The summed E-state index contributed by atoms with van der Waals surface area (Å²) in [6, 6.07) is 0.286. The van der Waals surface area contributed by atoms with Crippen LogP contribution < -0.4 is 16.4 Å². The fourth-order valence-corrected chi connectivity index (χ4v) is 2.55.